The molecule has 4 nitrogen and oxygen atoms in total. The Balaban J connectivity index is 1.51. The highest BCUT2D eigenvalue weighted by Crippen LogP contribution is 2.32. The zero-order valence-electron chi connectivity index (χ0n) is 13.5. The first-order valence-corrected chi connectivity index (χ1v) is 8.74. The first-order valence-electron chi connectivity index (χ1n) is 8.74. The Morgan fingerprint density at radius 3 is 2.76 bits per heavy atom. The van der Waals surface area contributed by atoms with Gasteiger partial charge in [-0.3, -0.25) is 4.79 Å². The van der Waals surface area contributed by atoms with Gasteiger partial charge in [-0.15, -0.1) is 0 Å². The molecular weight excluding hydrogens is 264 g/mol. The van der Waals surface area contributed by atoms with Crippen LogP contribution in [0.15, 0.2) is 0 Å². The summed E-state index contributed by atoms with van der Waals surface area (Å²) in [6.07, 6.45) is 9.35. The molecule has 4 unspecified atom stereocenters. The van der Waals surface area contributed by atoms with E-state index in [0.29, 0.717) is 6.04 Å². The van der Waals surface area contributed by atoms with Gasteiger partial charge in [-0.05, 0) is 58.3 Å². The number of carbonyl (C=O) groups is 1. The molecule has 2 saturated heterocycles. The lowest BCUT2D eigenvalue weighted by Gasteiger charge is -2.41. The topological polar surface area (TPSA) is 50.4 Å². The van der Waals surface area contributed by atoms with Gasteiger partial charge >= 0.3 is 0 Å². The Kier molecular flexibility index (Phi) is 4.55. The summed E-state index contributed by atoms with van der Waals surface area (Å²) in [5.74, 6) is 1.02. The summed E-state index contributed by atoms with van der Waals surface area (Å²) < 4.78 is 5.73. The van der Waals surface area contributed by atoms with E-state index >= 15 is 0 Å². The summed E-state index contributed by atoms with van der Waals surface area (Å²) in [4.78, 5) is 12.5. The highest BCUT2D eigenvalue weighted by Gasteiger charge is 2.36. The molecule has 1 aliphatic carbocycles. The van der Waals surface area contributed by atoms with E-state index in [4.69, 9.17) is 4.74 Å². The molecule has 0 radical (unpaired) electrons. The lowest BCUT2D eigenvalue weighted by molar-refractivity contribution is -0.127. The van der Waals surface area contributed by atoms with Crippen LogP contribution in [0, 0.1) is 5.92 Å². The molecule has 120 valence electrons. The average molecular weight is 294 g/mol. The number of hydrogen-bond donors (Lipinski definition) is 2. The molecule has 0 bridgehead atoms. The van der Waals surface area contributed by atoms with Gasteiger partial charge in [0.05, 0.1) is 11.6 Å². The van der Waals surface area contributed by atoms with Crippen molar-refractivity contribution in [2.75, 3.05) is 6.61 Å². The van der Waals surface area contributed by atoms with Crippen molar-refractivity contribution >= 4 is 5.91 Å². The Bertz CT molecular complexity index is 383. The van der Waals surface area contributed by atoms with Gasteiger partial charge in [-0.1, -0.05) is 12.8 Å². The van der Waals surface area contributed by atoms with Crippen molar-refractivity contribution in [3.63, 3.8) is 0 Å². The largest absolute Gasteiger partial charge is 0.375 e. The number of piperidine rings is 1. The fraction of sp³-hybridized carbons (Fsp3) is 0.941. The lowest BCUT2D eigenvalue weighted by atomic mass is 9.77. The number of hydrogen-bond acceptors (Lipinski definition) is 3. The molecule has 0 aromatic rings. The molecular formula is C17H30N2O2. The van der Waals surface area contributed by atoms with Crippen molar-refractivity contribution < 1.29 is 9.53 Å². The van der Waals surface area contributed by atoms with Crippen LogP contribution in [0.25, 0.3) is 0 Å². The SMILES string of the molecule is CC1(C)CC(NC(=O)C2CCC3CCCCC3N2)CCO1. The number of rotatable bonds is 2. The summed E-state index contributed by atoms with van der Waals surface area (Å²) >= 11 is 0. The van der Waals surface area contributed by atoms with Crippen LogP contribution in [0.5, 0.6) is 0 Å². The summed E-state index contributed by atoms with van der Waals surface area (Å²) in [7, 11) is 0. The fourth-order valence-electron chi connectivity index (χ4n) is 4.36. The van der Waals surface area contributed by atoms with Crippen molar-refractivity contribution in [2.24, 2.45) is 5.92 Å². The van der Waals surface area contributed by atoms with Crippen LogP contribution in [-0.4, -0.2) is 36.2 Å². The molecule has 3 aliphatic rings. The van der Waals surface area contributed by atoms with Crippen molar-refractivity contribution in [1.29, 1.82) is 0 Å². The average Bonchev–Trinajstić information content (AvgIpc) is 2.45. The quantitative estimate of drug-likeness (QED) is 0.822. The molecule has 2 N–H and O–H groups in total. The summed E-state index contributed by atoms with van der Waals surface area (Å²) in [6.45, 7) is 4.97. The molecule has 2 aliphatic heterocycles. The van der Waals surface area contributed by atoms with Crippen LogP contribution in [0.4, 0.5) is 0 Å². The number of nitrogens with one attached hydrogen (secondary N) is 2. The highest BCUT2D eigenvalue weighted by molar-refractivity contribution is 5.82. The van der Waals surface area contributed by atoms with Gasteiger partial charge < -0.3 is 15.4 Å². The predicted molar refractivity (Wildman–Crippen MR) is 83.1 cm³/mol. The maximum Gasteiger partial charge on any atom is 0.237 e. The minimum absolute atomic E-state index is 0.0234. The second-order valence-electron chi connectivity index (χ2n) is 7.75. The number of carbonyl (C=O) groups excluding carboxylic acids is 1. The molecule has 0 spiro atoms. The standard InChI is InChI=1S/C17H30N2O2/c1-17(2)11-13(9-10-21-17)18-16(20)15-8-7-12-5-3-4-6-14(12)19-15/h12-15,19H,3-11H2,1-2H3,(H,18,20). The van der Waals surface area contributed by atoms with E-state index in [9.17, 15) is 4.79 Å². The maximum absolute atomic E-state index is 12.5. The van der Waals surface area contributed by atoms with Gasteiger partial charge in [-0.2, -0.15) is 0 Å². The third-order valence-electron chi connectivity index (χ3n) is 5.51. The van der Waals surface area contributed by atoms with Gasteiger partial charge in [-0.25, -0.2) is 0 Å². The zero-order valence-corrected chi connectivity index (χ0v) is 13.5. The Morgan fingerprint density at radius 2 is 1.95 bits per heavy atom. The third kappa shape index (κ3) is 3.78. The maximum atomic E-state index is 12.5. The van der Waals surface area contributed by atoms with Crippen LogP contribution in [0.3, 0.4) is 0 Å². The van der Waals surface area contributed by atoms with Gasteiger partial charge in [0.15, 0.2) is 0 Å². The molecule has 2 heterocycles. The second-order valence-corrected chi connectivity index (χ2v) is 7.75. The van der Waals surface area contributed by atoms with E-state index < -0.39 is 0 Å². The molecule has 0 aromatic heterocycles. The zero-order chi connectivity index (χ0) is 14.9. The minimum Gasteiger partial charge on any atom is -0.375 e. The monoisotopic (exact) mass is 294 g/mol. The van der Waals surface area contributed by atoms with E-state index in [1.165, 1.54) is 32.1 Å². The summed E-state index contributed by atoms with van der Waals surface area (Å²) in [5.41, 5.74) is -0.106. The Morgan fingerprint density at radius 1 is 1.14 bits per heavy atom. The van der Waals surface area contributed by atoms with Crippen LogP contribution in [0.1, 0.15) is 65.2 Å². The van der Waals surface area contributed by atoms with Crippen molar-refractivity contribution in [2.45, 2.75) is 88.9 Å². The molecule has 3 rings (SSSR count). The van der Waals surface area contributed by atoms with Crippen LogP contribution in [0.2, 0.25) is 0 Å². The van der Waals surface area contributed by atoms with E-state index in [1.807, 2.05) is 0 Å². The highest BCUT2D eigenvalue weighted by atomic mass is 16.5. The number of fused-ring (bicyclic) bond motifs is 1. The lowest BCUT2D eigenvalue weighted by Crippen LogP contribution is -2.57. The van der Waals surface area contributed by atoms with E-state index in [1.54, 1.807) is 0 Å². The van der Waals surface area contributed by atoms with Gasteiger partial charge in [0.25, 0.3) is 0 Å². The molecule has 0 aromatic carbocycles. The predicted octanol–water partition coefficient (Wildman–Crippen LogP) is 2.37. The van der Waals surface area contributed by atoms with E-state index in [2.05, 4.69) is 24.5 Å². The Hall–Kier alpha value is -0.610. The second kappa shape index (κ2) is 6.25. The van der Waals surface area contributed by atoms with E-state index in [-0.39, 0.29) is 23.6 Å². The van der Waals surface area contributed by atoms with Crippen LogP contribution >= 0.6 is 0 Å². The number of amides is 1. The third-order valence-corrected chi connectivity index (χ3v) is 5.51. The fourth-order valence-corrected chi connectivity index (χ4v) is 4.36. The van der Waals surface area contributed by atoms with Gasteiger partial charge in [0, 0.05) is 18.7 Å². The van der Waals surface area contributed by atoms with E-state index in [0.717, 1.165) is 31.8 Å². The molecule has 4 atom stereocenters. The molecule has 4 heteroatoms. The van der Waals surface area contributed by atoms with Crippen molar-refractivity contribution in [3.05, 3.63) is 0 Å². The summed E-state index contributed by atoms with van der Waals surface area (Å²) in [6, 6.07) is 0.872. The van der Waals surface area contributed by atoms with Crippen LogP contribution in [-0.2, 0) is 9.53 Å². The summed E-state index contributed by atoms with van der Waals surface area (Å²) in [5, 5.41) is 6.88. The molecule has 21 heavy (non-hydrogen) atoms. The van der Waals surface area contributed by atoms with Gasteiger partial charge in [0.2, 0.25) is 5.91 Å². The molecule has 3 fully saturated rings. The number of ether oxygens (including phenoxy) is 1. The van der Waals surface area contributed by atoms with Crippen molar-refractivity contribution in [1.82, 2.24) is 10.6 Å². The first kappa shape index (κ1) is 15.3. The minimum atomic E-state index is -0.106. The van der Waals surface area contributed by atoms with Gasteiger partial charge in [0.1, 0.15) is 0 Å². The normalized spacial score (nSPS) is 39.3. The Labute approximate surface area is 128 Å². The smallest absolute Gasteiger partial charge is 0.237 e. The van der Waals surface area contributed by atoms with Crippen LogP contribution < -0.4 is 10.6 Å². The molecule has 1 saturated carbocycles. The van der Waals surface area contributed by atoms with Crippen molar-refractivity contribution in [3.8, 4) is 0 Å². The first-order chi connectivity index (χ1) is 10.0. The molecule has 1 amide bonds.